The lowest BCUT2D eigenvalue weighted by atomic mass is 9.93. The van der Waals surface area contributed by atoms with Gasteiger partial charge in [-0.2, -0.15) is 0 Å². The fraction of sp³-hybridized carbons (Fsp3) is 0.536. The van der Waals surface area contributed by atoms with Crippen molar-refractivity contribution in [3.63, 3.8) is 0 Å². The number of carbonyl (C=O) groups excluding carboxylic acids is 1. The maximum atomic E-state index is 13.6. The number of methoxy groups -OCH3 is 2. The normalized spacial score (nSPS) is 22.4. The van der Waals surface area contributed by atoms with E-state index in [-0.39, 0.29) is 18.1 Å². The molecule has 0 aliphatic carbocycles. The molecular weight excluding hydrogens is 428 g/mol. The van der Waals surface area contributed by atoms with Gasteiger partial charge in [-0.15, -0.1) is 0 Å². The maximum absolute atomic E-state index is 13.6. The van der Waals surface area contributed by atoms with Gasteiger partial charge in [-0.05, 0) is 62.9 Å². The Morgan fingerprint density at radius 1 is 1.00 bits per heavy atom. The van der Waals surface area contributed by atoms with E-state index in [1.54, 1.807) is 14.2 Å². The highest BCUT2D eigenvalue weighted by atomic mass is 16.5. The molecule has 0 unspecified atom stereocenters. The third-order valence-electron chi connectivity index (χ3n) is 7.12. The molecule has 2 heterocycles. The number of benzene rings is 2. The van der Waals surface area contributed by atoms with Gasteiger partial charge in [-0.25, -0.2) is 0 Å². The summed E-state index contributed by atoms with van der Waals surface area (Å²) in [7, 11) is 3.50. The molecule has 2 aromatic carbocycles. The van der Waals surface area contributed by atoms with Crippen LogP contribution in [0.5, 0.6) is 11.5 Å². The number of fused-ring (bicyclic) bond motifs is 2. The van der Waals surface area contributed by atoms with Gasteiger partial charge in [0.1, 0.15) is 18.1 Å². The van der Waals surface area contributed by atoms with Crippen molar-refractivity contribution >= 4 is 5.91 Å². The first-order valence-corrected chi connectivity index (χ1v) is 12.5. The minimum atomic E-state index is 0.0582. The smallest absolute Gasteiger partial charge is 0.257 e. The highest BCUT2D eigenvalue weighted by Crippen LogP contribution is 2.29. The monoisotopic (exact) mass is 466 g/mol. The number of rotatable bonds is 4. The summed E-state index contributed by atoms with van der Waals surface area (Å²) < 4.78 is 17.7. The van der Waals surface area contributed by atoms with E-state index in [1.807, 2.05) is 29.2 Å². The number of hydrogen-bond acceptors (Lipinski definition) is 5. The molecule has 0 aromatic heterocycles. The topological polar surface area (TPSA) is 51.2 Å². The summed E-state index contributed by atoms with van der Waals surface area (Å²) in [6, 6.07) is 14.1. The second-order valence-corrected chi connectivity index (χ2v) is 9.41. The predicted octanol–water partition coefficient (Wildman–Crippen LogP) is 4.69. The van der Waals surface area contributed by atoms with Crippen LogP contribution in [0.15, 0.2) is 42.5 Å². The second-order valence-electron chi connectivity index (χ2n) is 9.41. The van der Waals surface area contributed by atoms with Gasteiger partial charge in [0.25, 0.3) is 5.91 Å². The van der Waals surface area contributed by atoms with E-state index >= 15 is 0 Å². The zero-order valence-electron chi connectivity index (χ0n) is 20.8. The van der Waals surface area contributed by atoms with Crippen LogP contribution in [-0.2, 0) is 11.3 Å². The molecule has 4 rings (SSSR count). The third kappa shape index (κ3) is 5.73. The van der Waals surface area contributed by atoms with E-state index in [0.717, 1.165) is 64.0 Å². The van der Waals surface area contributed by atoms with Gasteiger partial charge in [0.15, 0.2) is 0 Å². The Morgan fingerprint density at radius 2 is 1.85 bits per heavy atom. The number of hydrogen-bond donors (Lipinski definition) is 0. The molecule has 2 aliphatic rings. The Labute approximate surface area is 203 Å². The molecule has 1 saturated heterocycles. The Hall–Kier alpha value is -2.57. The average molecular weight is 467 g/mol. The molecule has 0 radical (unpaired) electrons. The Balaban J connectivity index is 1.56. The zero-order chi connectivity index (χ0) is 23.9. The van der Waals surface area contributed by atoms with Gasteiger partial charge in [-0.3, -0.25) is 9.69 Å². The van der Waals surface area contributed by atoms with Crippen molar-refractivity contribution in [1.82, 2.24) is 9.80 Å². The standard InChI is InChI=1S/C28H38N2O4/c1-21-13-14-22(27(19-21)33-3)20-29-15-7-6-10-24-26(32-2)12-8-16-30(24)28(31)23-9-4-5-11-25(23)34-18-17-29/h4-5,9,11,13-14,19,24,26H,6-8,10,12,15-18,20H2,1-3H3/t24-,26-/m1/s1. The Kier molecular flexibility index (Phi) is 8.46. The molecule has 0 N–H and O–H groups in total. The van der Waals surface area contributed by atoms with Crippen molar-refractivity contribution in [2.24, 2.45) is 0 Å². The molecule has 6 heteroatoms. The van der Waals surface area contributed by atoms with E-state index in [9.17, 15) is 4.79 Å². The molecule has 2 aliphatic heterocycles. The number of ether oxygens (including phenoxy) is 3. The van der Waals surface area contributed by atoms with Crippen LogP contribution in [0.3, 0.4) is 0 Å². The number of piperidine rings is 1. The summed E-state index contributed by atoms with van der Waals surface area (Å²) in [6.07, 6.45) is 5.13. The van der Waals surface area contributed by atoms with Crippen LogP contribution in [0.2, 0.25) is 0 Å². The number of nitrogens with zero attached hydrogens (tertiary/aromatic N) is 2. The van der Waals surface area contributed by atoms with Crippen LogP contribution in [-0.4, -0.2) is 68.3 Å². The summed E-state index contributed by atoms with van der Waals surface area (Å²) in [5.74, 6) is 1.65. The number of aryl methyl sites for hydroxylation is 1. The fourth-order valence-corrected chi connectivity index (χ4v) is 5.28. The lowest BCUT2D eigenvalue weighted by Gasteiger charge is -2.41. The van der Waals surface area contributed by atoms with Gasteiger partial charge in [0, 0.05) is 32.3 Å². The molecule has 0 spiro atoms. The van der Waals surface area contributed by atoms with Crippen molar-refractivity contribution in [2.45, 2.75) is 57.7 Å². The quantitative estimate of drug-likeness (QED) is 0.654. The minimum Gasteiger partial charge on any atom is -0.496 e. The van der Waals surface area contributed by atoms with E-state index in [2.05, 4.69) is 30.0 Å². The van der Waals surface area contributed by atoms with Crippen LogP contribution in [0.25, 0.3) is 0 Å². The largest absolute Gasteiger partial charge is 0.496 e. The third-order valence-corrected chi connectivity index (χ3v) is 7.12. The van der Waals surface area contributed by atoms with E-state index in [0.29, 0.717) is 17.9 Å². The van der Waals surface area contributed by atoms with E-state index in [1.165, 1.54) is 11.1 Å². The molecule has 1 fully saturated rings. The van der Waals surface area contributed by atoms with Crippen molar-refractivity contribution in [3.05, 3.63) is 59.2 Å². The summed E-state index contributed by atoms with van der Waals surface area (Å²) in [6.45, 7) is 5.96. The molecule has 0 saturated carbocycles. The minimum absolute atomic E-state index is 0.0582. The van der Waals surface area contributed by atoms with E-state index in [4.69, 9.17) is 14.2 Å². The highest BCUT2D eigenvalue weighted by Gasteiger charge is 2.35. The molecule has 1 amide bonds. The van der Waals surface area contributed by atoms with Crippen LogP contribution in [0, 0.1) is 6.92 Å². The molecule has 34 heavy (non-hydrogen) atoms. The van der Waals surface area contributed by atoms with Gasteiger partial charge < -0.3 is 19.1 Å². The first kappa shape index (κ1) is 24.6. The van der Waals surface area contributed by atoms with Gasteiger partial charge in [0.05, 0.1) is 24.8 Å². The lowest BCUT2D eigenvalue weighted by molar-refractivity contribution is -0.0155. The van der Waals surface area contributed by atoms with Gasteiger partial charge in [-0.1, -0.05) is 30.7 Å². The first-order chi connectivity index (χ1) is 16.6. The van der Waals surface area contributed by atoms with Crippen LogP contribution in [0.4, 0.5) is 0 Å². The molecule has 2 atom stereocenters. The SMILES string of the molecule is COc1cc(C)ccc1CN1CCCC[C@@H]2[C@H](OC)CCCN2C(=O)c2ccccc2OCC1. The second kappa shape index (κ2) is 11.7. The number of amides is 1. The van der Waals surface area contributed by atoms with Crippen molar-refractivity contribution in [3.8, 4) is 11.5 Å². The van der Waals surface area contributed by atoms with Crippen molar-refractivity contribution in [1.29, 1.82) is 0 Å². The first-order valence-electron chi connectivity index (χ1n) is 12.5. The van der Waals surface area contributed by atoms with Gasteiger partial charge in [0.2, 0.25) is 0 Å². The summed E-state index contributed by atoms with van der Waals surface area (Å²) in [5, 5.41) is 0. The summed E-state index contributed by atoms with van der Waals surface area (Å²) in [5.41, 5.74) is 3.03. The highest BCUT2D eigenvalue weighted by molar-refractivity contribution is 5.97. The van der Waals surface area contributed by atoms with Crippen molar-refractivity contribution < 1.29 is 19.0 Å². The Bertz CT molecular complexity index is 963. The van der Waals surface area contributed by atoms with Crippen molar-refractivity contribution in [2.75, 3.05) is 40.5 Å². The van der Waals surface area contributed by atoms with Crippen LogP contribution in [0.1, 0.15) is 53.6 Å². The number of carbonyl (C=O) groups is 1. The van der Waals surface area contributed by atoms with Gasteiger partial charge >= 0.3 is 0 Å². The van der Waals surface area contributed by atoms with Crippen LogP contribution >= 0.6 is 0 Å². The fourth-order valence-electron chi connectivity index (χ4n) is 5.28. The Morgan fingerprint density at radius 3 is 2.68 bits per heavy atom. The molecule has 0 bridgehead atoms. The molecule has 6 nitrogen and oxygen atoms in total. The molecule has 184 valence electrons. The average Bonchev–Trinajstić information content (AvgIpc) is 2.87. The summed E-state index contributed by atoms with van der Waals surface area (Å²) >= 11 is 0. The predicted molar refractivity (Wildman–Crippen MR) is 134 cm³/mol. The van der Waals surface area contributed by atoms with E-state index < -0.39 is 0 Å². The summed E-state index contributed by atoms with van der Waals surface area (Å²) in [4.78, 5) is 18.1. The molecule has 2 aromatic rings. The zero-order valence-corrected chi connectivity index (χ0v) is 20.8. The molecular formula is C28H38N2O4. The number of para-hydroxylation sites is 1. The maximum Gasteiger partial charge on any atom is 0.257 e. The van der Waals surface area contributed by atoms with Crippen LogP contribution < -0.4 is 9.47 Å². The lowest BCUT2D eigenvalue weighted by Crippen LogP contribution is -2.51.